The molecule has 0 amide bonds. The maximum absolute atomic E-state index is 11.6. The van der Waals surface area contributed by atoms with Crippen LogP contribution in [0.25, 0.3) is 0 Å². The average molecular weight is 363 g/mol. The van der Waals surface area contributed by atoms with E-state index in [-0.39, 0.29) is 5.88 Å². The Labute approximate surface area is 151 Å². The van der Waals surface area contributed by atoms with Crippen molar-refractivity contribution in [1.82, 2.24) is 14.8 Å². The molecular weight excluding hydrogens is 344 g/mol. The molecule has 0 aliphatic carbocycles. The van der Waals surface area contributed by atoms with Crippen LogP contribution >= 0.6 is 11.6 Å². The summed E-state index contributed by atoms with van der Waals surface area (Å²) in [4.78, 5) is 15.6. The molecule has 2 aromatic rings. The molecule has 0 N–H and O–H groups in total. The highest BCUT2D eigenvalue weighted by Crippen LogP contribution is 2.34. The molecule has 0 saturated heterocycles. The zero-order chi connectivity index (χ0) is 18.4. The monoisotopic (exact) mass is 362 g/mol. The van der Waals surface area contributed by atoms with Crippen LogP contribution in [0.4, 0.5) is 0 Å². The van der Waals surface area contributed by atoms with Gasteiger partial charge in [-0.3, -0.25) is 4.79 Å². The van der Waals surface area contributed by atoms with Gasteiger partial charge >= 0.3 is 5.97 Å². The molecule has 0 fully saturated rings. The first-order valence-electron chi connectivity index (χ1n) is 7.61. The van der Waals surface area contributed by atoms with E-state index in [0.717, 1.165) is 0 Å². The van der Waals surface area contributed by atoms with Crippen LogP contribution in [-0.2, 0) is 9.53 Å². The number of nitriles is 1. The van der Waals surface area contributed by atoms with E-state index in [1.165, 1.54) is 24.3 Å². The lowest BCUT2D eigenvalue weighted by atomic mass is 9.87. The third kappa shape index (κ3) is 4.70. The number of halogens is 1. The molecule has 1 aromatic heterocycles. The highest BCUT2D eigenvalue weighted by atomic mass is 35.5. The Hall–Kier alpha value is -2.59. The van der Waals surface area contributed by atoms with Crippen molar-refractivity contribution in [3.63, 3.8) is 0 Å². The standard InChI is InChI=1S/C17H19ClN4O3/c1-12(23)24-15(17(2,3)9-18)16(22-11-20-10-21-22)25-14-6-4-13(8-19)5-7-14/h4-7,10-11,15-16H,9H2,1-3H3. The number of aromatic nitrogens is 3. The maximum Gasteiger partial charge on any atom is 0.303 e. The predicted molar refractivity (Wildman–Crippen MR) is 90.9 cm³/mol. The SMILES string of the molecule is CC(=O)OC(C(Oc1ccc(C#N)cc1)n1cncn1)C(C)(C)CCl. The Morgan fingerprint density at radius 2 is 2.08 bits per heavy atom. The lowest BCUT2D eigenvalue weighted by Crippen LogP contribution is -2.44. The van der Waals surface area contributed by atoms with E-state index in [1.807, 2.05) is 19.9 Å². The van der Waals surface area contributed by atoms with Gasteiger partial charge in [-0.2, -0.15) is 10.4 Å². The van der Waals surface area contributed by atoms with Crippen LogP contribution in [0.3, 0.4) is 0 Å². The van der Waals surface area contributed by atoms with E-state index < -0.39 is 23.7 Å². The van der Waals surface area contributed by atoms with Crippen molar-refractivity contribution in [2.45, 2.75) is 33.1 Å². The minimum absolute atomic E-state index is 0.243. The van der Waals surface area contributed by atoms with Gasteiger partial charge in [0.25, 0.3) is 0 Å². The van der Waals surface area contributed by atoms with E-state index in [1.54, 1.807) is 24.3 Å². The summed E-state index contributed by atoms with van der Waals surface area (Å²) in [5, 5.41) is 13.0. The summed E-state index contributed by atoms with van der Waals surface area (Å²) < 4.78 is 13.0. The van der Waals surface area contributed by atoms with Crippen LogP contribution in [0.5, 0.6) is 5.75 Å². The third-order valence-corrected chi connectivity index (χ3v) is 4.29. The normalized spacial score (nSPS) is 13.6. The van der Waals surface area contributed by atoms with Gasteiger partial charge in [0.2, 0.25) is 6.23 Å². The molecule has 8 heteroatoms. The molecule has 132 valence electrons. The Morgan fingerprint density at radius 1 is 1.40 bits per heavy atom. The second kappa shape index (κ2) is 7.99. The minimum Gasteiger partial charge on any atom is -0.465 e. The Morgan fingerprint density at radius 3 is 2.56 bits per heavy atom. The molecule has 0 bridgehead atoms. The number of carbonyl (C=O) groups is 1. The van der Waals surface area contributed by atoms with Gasteiger partial charge in [-0.05, 0) is 24.3 Å². The largest absolute Gasteiger partial charge is 0.465 e. The van der Waals surface area contributed by atoms with E-state index in [9.17, 15) is 4.79 Å². The van der Waals surface area contributed by atoms with Crippen molar-refractivity contribution in [3.05, 3.63) is 42.5 Å². The molecule has 25 heavy (non-hydrogen) atoms. The van der Waals surface area contributed by atoms with Crippen molar-refractivity contribution in [1.29, 1.82) is 5.26 Å². The van der Waals surface area contributed by atoms with Gasteiger partial charge in [0.1, 0.15) is 18.4 Å². The Kier molecular flexibility index (Phi) is 5.99. The van der Waals surface area contributed by atoms with Crippen LogP contribution in [0.15, 0.2) is 36.9 Å². The minimum atomic E-state index is -0.770. The number of benzene rings is 1. The fraction of sp³-hybridized carbons (Fsp3) is 0.412. The highest BCUT2D eigenvalue weighted by molar-refractivity contribution is 6.18. The number of nitrogens with zero attached hydrogens (tertiary/aromatic N) is 4. The molecule has 1 heterocycles. The molecule has 2 rings (SSSR count). The molecule has 1 aromatic carbocycles. The first-order chi connectivity index (χ1) is 11.9. The summed E-state index contributed by atoms with van der Waals surface area (Å²) in [6.07, 6.45) is 1.37. The number of alkyl halides is 1. The molecule has 0 saturated carbocycles. The maximum atomic E-state index is 11.6. The number of hydrogen-bond donors (Lipinski definition) is 0. The highest BCUT2D eigenvalue weighted by Gasteiger charge is 2.41. The van der Waals surface area contributed by atoms with Crippen LogP contribution in [0.2, 0.25) is 0 Å². The van der Waals surface area contributed by atoms with Crippen LogP contribution in [-0.4, -0.2) is 32.7 Å². The first-order valence-corrected chi connectivity index (χ1v) is 8.15. The van der Waals surface area contributed by atoms with Crippen LogP contribution < -0.4 is 4.74 Å². The number of hydrogen-bond acceptors (Lipinski definition) is 6. The summed E-state index contributed by atoms with van der Waals surface area (Å²) in [7, 11) is 0. The van der Waals surface area contributed by atoms with E-state index in [2.05, 4.69) is 10.1 Å². The second-order valence-electron chi connectivity index (χ2n) is 6.17. The van der Waals surface area contributed by atoms with Crippen LogP contribution in [0.1, 0.15) is 32.6 Å². The molecule has 2 unspecified atom stereocenters. The molecular formula is C17H19ClN4O3. The number of ether oxygens (including phenoxy) is 2. The fourth-order valence-corrected chi connectivity index (χ4v) is 2.36. The van der Waals surface area contributed by atoms with E-state index in [0.29, 0.717) is 11.3 Å². The second-order valence-corrected chi connectivity index (χ2v) is 6.44. The van der Waals surface area contributed by atoms with Gasteiger partial charge in [0.05, 0.1) is 11.6 Å². The first kappa shape index (κ1) is 18.7. The number of rotatable bonds is 7. The lowest BCUT2D eigenvalue weighted by Gasteiger charge is -2.36. The fourth-order valence-electron chi connectivity index (χ4n) is 2.21. The van der Waals surface area contributed by atoms with Gasteiger partial charge in [-0.1, -0.05) is 13.8 Å². The van der Waals surface area contributed by atoms with Crippen molar-refractivity contribution in [2.24, 2.45) is 5.41 Å². The summed E-state index contributed by atoms with van der Waals surface area (Å²) in [5.41, 5.74) is -0.0709. The third-order valence-electron chi connectivity index (χ3n) is 3.60. The summed E-state index contributed by atoms with van der Waals surface area (Å²) in [6.45, 7) is 5.08. The van der Waals surface area contributed by atoms with Crippen molar-refractivity contribution >= 4 is 17.6 Å². The van der Waals surface area contributed by atoms with Crippen molar-refractivity contribution in [3.8, 4) is 11.8 Å². The number of esters is 1. The Balaban J connectivity index is 2.39. The van der Waals surface area contributed by atoms with E-state index >= 15 is 0 Å². The van der Waals surface area contributed by atoms with Gasteiger partial charge in [-0.25, -0.2) is 9.67 Å². The molecule has 7 nitrogen and oxygen atoms in total. The smallest absolute Gasteiger partial charge is 0.303 e. The molecule has 0 aliphatic heterocycles. The van der Waals surface area contributed by atoms with Crippen molar-refractivity contribution < 1.29 is 14.3 Å². The lowest BCUT2D eigenvalue weighted by molar-refractivity contribution is -0.166. The number of carbonyl (C=O) groups excluding carboxylic acids is 1. The average Bonchev–Trinajstić information content (AvgIpc) is 3.12. The van der Waals surface area contributed by atoms with Gasteiger partial charge < -0.3 is 9.47 Å². The van der Waals surface area contributed by atoms with Gasteiger partial charge in [-0.15, -0.1) is 11.6 Å². The summed E-state index contributed by atoms with van der Waals surface area (Å²) >= 11 is 6.09. The summed E-state index contributed by atoms with van der Waals surface area (Å²) in [5.74, 6) is 0.297. The Bertz CT molecular complexity index is 738. The molecule has 2 atom stereocenters. The zero-order valence-corrected chi connectivity index (χ0v) is 15.0. The van der Waals surface area contributed by atoms with Gasteiger partial charge in [0, 0.05) is 18.2 Å². The molecule has 0 radical (unpaired) electrons. The van der Waals surface area contributed by atoms with E-state index in [4.69, 9.17) is 26.3 Å². The zero-order valence-electron chi connectivity index (χ0n) is 14.2. The quantitative estimate of drug-likeness (QED) is 0.555. The molecule has 0 spiro atoms. The summed E-state index contributed by atoms with van der Waals surface area (Å²) in [6, 6.07) is 8.66. The topological polar surface area (TPSA) is 90.0 Å². The molecule has 0 aliphatic rings. The predicted octanol–water partition coefficient (Wildman–Crippen LogP) is 2.92. The van der Waals surface area contributed by atoms with Crippen molar-refractivity contribution in [2.75, 3.05) is 5.88 Å². The van der Waals surface area contributed by atoms with Gasteiger partial charge in [0.15, 0.2) is 6.10 Å². The van der Waals surface area contributed by atoms with Crippen LogP contribution in [0, 0.1) is 16.7 Å².